The molecule has 1 amide bonds. The Morgan fingerprint density at radius 3 is 1.91 bits per heavy atom. The first-order chi connectivity index (χ1) is 16.7. The molecule has 0 radical (unpaired) electrons. The van der Waals surface area contributed by atoms with Crippen LogP contribution < -0.4 is 20.5 Å². The number of ketones is 1. The van der Waals surface area contributed by atoms with Gasteiger partial charge in [-0.3, -0.25) is 9.59 Å². The topological polar surface area (TPSA) is 111 Å². The zero-order valence-corrected chi connectivity index (χ0v) is 23.4. The Kier molecular flexibility index (Phi) is 15.4. The van der Waals surface area contributed by atoms with Crippen LogP contribution in [0.2, 0.25) is 19.1 Å². The number of amides is 1. The lowest BCUT2D eigenvalue weighted by molar-refractivity contribution is -0.121. The van der Waals surface area contributed by atoms with Crippen molar-refractivity contribution >= 4 is 25.7 Å². The molecule has 0 aromatic heterocycles. The fourth-order valence-electron chi connectivity index (χ4n) is 3.63. The van der Waals surface area contributed by atoms with Crippen LogP contribution >= 0.6 is 0 Å². The smallest absolute Gasteiger partial charge is 0.220 e. The molecule has 7 nitrogen and oxygen atoms in total. The predicted molar refractivity (Wildman–Crippen MR) is 146 cm³/mol. The molecule has 0 fully saturated rings. The summed E-state index contributed by atoms with van der Waals surface area (Å²) in [5.41, 5.74) is 7.18. The highest BCUT2D eigenvalue weighted by Gasteiger charge is 2.18. The molecule has 200 valence electrons. The van der Waals surface area contributed by atoms with Crippen LogP contribution in [0.25, 0.3) is 0 Å². The van der Waals surface area contributed by atoms with Crippen LogP contribution in [0.1, 0.15) is 94.8 Å². The second-order valence-corrected chi connectivity index (χ2v) is 14.0. The number of nitrogens with two attached hydrogens (primary N) is 1. The summed E-state index contributed by atoms with van der Waals surface area (Å²) in [6.07, 6.45) is 9.59. The van der Waals surface area contributed by atoms with Crippen molar-refractivity contribution in [3.8, 4) is 11.5 Å². The molecule has 0 atom stereocenters. The van der Waals surface area contributed by atoms with E-state index in [0.29, 0.717) is 42.5 Å². The van der Waals surface area contributed by atoms with E-state index in [1.165, 1.54) is 0 Å². The maximum absolute atomic E-state index is 12.9. The lowest BCUT2D eigenvalue weighted by Crippen LogP contribution is -2.29. The number of hydrogen-bond acceptors (Lipinski definition) is 6. The quantitative estimate of drug-likeness (QED) is 0.0881. The fraction of sp³-hybridized carbons (Fsp3) is 0.704. The minimum Gasteiger partial charge on any atom is -0.491 e. The first-order valence-corrected chi connectivity index (χ1v) is 16.5. The summed E-state index contributed by atoms with van der Waals surface area (Å²) in [6, 6.07) is 4.08. The molecular formula is C27H48N2O5Si. The zero-order chi connectivity index (χ0) is 26.1. The Balaban J connectivity index is 2.74. The number of carbonyl (C=O) groups is 2. The van der Waals surface area contributed by atoms with Crippen molar-refractivity contribution in [2.45, 2.75) is 104 Å². The molecule has 1 aromatic rings. The molecule has 0 saturated heterocycles. The Labute approximate surface area is 213 Å². The van der Waals surface area contributed by atoms with E-state index in [-0.39, 0.29) is 24.5 Å². The van der Waals surface area contributed by atoms with Crippen molar-refractivity contribution in [1.82, 2.24) is 5.32 Å². The monoisotopic (exact) mass is 508 g/mol. The van der Waals surface area contributed by atoms with Gasteiger partial charge in [0.2, 0.25) is 5.91 Å². The number of rotatable bonds is 20. The average Bonchev–Trinajstić information content (AvgIpc) is 2.81. The molecule has 0 spiro atoms. The minimum atomic E-state index is -2.10. The van der Waals surface area contributed by atoms with E-state index in [0.717, 1.165) is 63.8 Å². The molecule has 0 bridgehead atoms. The van der Waals surface area contributed by atoms with Crippen LogP contribution in [-0.4, -0.2) is 44.6 Å². The number of anilines is 1. The maximum Gasteiger partial charge on any atom is 0.220 e. The van der Waals surface area contributed by atoms with Crippen molar-refractivity contribution in [2.24, 2.45) is 0 Å². The highest BCUT2D eigenvalue weighted by molar-refractivity contribution is 6.69. The van der Waals surface area contributed by atoms with E-state index >= 15 is 0 Å². The number of hydrogen-bond donors (Lipinski definition) is 3. The van der Waals surface area contributed by atoms with E-state index in [1.54, 1.807) is 12.1 Å². The van der Waals surface area contributed by atoms with Crippen molar-refractivity contribution < 1.29 is 23.9 Å². The summed E-state index contributed by atoms with van der Waals surface area (Å²) >= 11 is 0. The molecule has 35 heavy (non-hydrogen) atoms. The predicted octanol–water partition coefficient (Wildman–Crippen LogP) is 5.85. The average molecular weight is 509 g/mol. The zero-order valence-electron chi connectivity index (χ0n) is 22.4. The Bertz CT molecular complexity index is 729. The molecule has 0 aliphatic carbocycles. The highest BCUT2D eigenvalue weighted by Crippen LogP contribution is 2.34. The van der Waals surface area contributed by atoms with Gasteiger partial charge in [0.25, 0.3) is 0 Å². The molecule has 0 aliphatic heterocycles. The van der Waals surface area contributed by atoms with Gasteiger partial charge in [0.15, 0.2) is 14.1 Å². The van der Waals surface area contributed by atoms with E-state index in [1.807, 2.05) is 13.1 Å². The lowest BCUT2D eigenvalue weighted by Gasteiger charge is -2.16. The third-order valence-electron chi connectivity index (χ3n) is 5.80. The van der Waals surface area contributed by atoms with Gasteiger partial charge in [0.1, 0.15) is 17.2 Å². The molecule has 4 N–H and O–H groups in total. The van der Waals surface area contributed by atoms with Crippen LogP contribution in [0, 0.1) is 0 Å². The first-order valence-electron chi connectivity index (χ1n) is 13.4. The Morgan fingerprint density at radius 2 is 1.43 bits per heavy atom. The van der Waals surface area contributed by atoms with Gasteiger partial charge in [-0.15, -0.1) is 0 Å². The standard InChI is InChI=1S/C27H48N2O5Si/c1-5-7-9-11-17-33-24-20-22(21-25(27(24)28)34-18-12-10-8-6-2)23(30)14-15-26(31)29-16-13-19-35(3,4)32/h20-21,32H,5-19,28H2,1-4H3,(H,29,31). The minimum absolute atomic E-state index is 0.0991. The van der Waals surface area contributed by atoms with Gasteiger partial charge in [0.05, 0.1) is 13.2 Å². The van der Waals surface area contributed by atoms with Crippen LogP contribution in [0.4, 0.5) is 5.69 Å². The number of benzene rings is 1. The Morgan fingerprint density at radius 1 is 0.886 bits per heavy atom. The number of nitrogens with one attached hydrogen (secondary N) is 1. The number of Topliss-reactive ketones (excluding diaryl/α,β-unsaturated/α-hetero) is 1. The number of carbonyl (C=O) groups excluding carboxylic acids is 2. The molecule has 0 unspecified atom stereocenters. The fourth-order valence-corrected chi connectivity index (χ4v) is 4.67. The number of unbranched alkanes of at least 4 members (excludes halogenated alkanes) is 6. The number of ether oxygens (including phenoxy) is 2. The number of nitrogen functional groups attached to an aromatic ring is 1. The van der Waals surface area contributed by atoms with Gasteiger partial charge in [-0.1, -0.05) is 52.4 Å². The summed E-state index contributed by atoms with van der Waals surface area (Å²) in [7, 11) is -2.10. The summed E-state index contributed by atoms with van der Waals surface area (Å²) < 4.78 is 11.8. The van der Waals surface area contributed by atoms with E-state index < -0.39 is 8.32 Å². The molecule has 0 saturated carbocycles. The second-order valence-electron chi connectivity index (χ2n) is 9.89. The summed E-state index contributed by atoms with van der Waals surface area (Å²) in [5, 5.41) is 2.83. The molecular weight excluding hydrogens is 460 g/mol. The van der Waals surface area contributed by atoms with Gasteiger partial charge >= 0.3 is 0 Å². The van der Waals surface area contributed by atoms with Gasteiger partial charge < -0.3 is 25.3 Å². The van der Waals surface area contributed by atoms with Crippen molar-refractivity contribution in [1.29, 1.82) is 0 Å². The van der Waals surface area contributed by atoms with Gasteiger partial charge in [0, 0.05) is 24.9 Å². The van der Waals surface area contributed by atoms with E-state index in [2.05, 4.69) is 19.2 Å². The lowest BCUT2D eigenvalue weighted by atomic mass is 10.0. The first kappa shape index (κ1) is 31.0. The van der Waals surface area contributed by atoms with Gasteiger partial charge in [-0.2, -0.15) is 0 Å². The van der Waals surface area contributed by atoms with Crippen molar-refractivity contribution in [3.05, 3.63) is 17.7 Å². The molecule has 1 aromatic carbocycles. The van der Waals surface area contributed by atoms with Crippen molar-refractivity contribution in [3.63, 3.8) is 0 Å². The van der Waals surface area contributed by atoms with Crippen molar-refractivity contribution in [2.75, 3.05) is 25.5 Å². The molecule has 8 heteroatoms. The van der Waals surface area contributed by atoms with Crippen LogP contribution in [0.15, 0.2) is 12.1 Å². The van der Waals surface area contributed by atoms with Gasteiger partial charge in [-0.25, -0.2) is 0 Å². The highest BCUT2D eigenvalue weighted by atomic mass is 28.4. The molecule has 1 rings (SSSR count). The van der Waals surface area contributed by atoms with E-state index in [4.69, 9.17) is 15.2 Å². The van der Waals surface area contributed by atoms with Crippen LogP contribution in [-0.2, 0) is 4.79 Å². The maximum atomic E-state index is 12.9. The Hall–Kier alpha value is -2.06. The largest absolute Gasteiger partial charge is 0.491 e. The van der Waals surface area contributed by atoms with Crippen LogP contribution in [0.3, 0.4) is 0 Å². The summed E-state index contributed by atoms with van der Waals surface area (Å²) in [6.45, 7) is 9.67. The van der Waals surface area contributed by atoms with E-state index in [9.17, 15) is 14.4 Å². The third kappa shape index (κ3) is 14.2. The molecule has 0 heterocycles. The van der Waals surface area contributed by atoms with Gasteiger partial charge in [-0.05, 0) is 50.5 Å². The summed E-state index contributed by atoms with van der Waals surface area (Å²) in [5.74, 6) is 0.633. The molecule has 0 aliphatic rings. The summed E-state index contributed by atoms with van der Waals surface area (Å²) in [4.78, 5) is 34.9. The van der Waals surface area contributed by atoms with Crippen LogP contribution in [0.5, 0.6) is 11.5 Å². The third-order valence-corrected chi connectivity index (χ3v) is 7.38. The second kappa shape index (κ2) is 17.4. The SMILES string of the molecule is CCCCCCOc1cc(C(=O)CCC(=O)NCCC[Si](C)(C)O)cc(OCCCCCC)c1N. The normalized spacial score (nSPS) is 11.3.